The molecule has 11 N–H and O–H groups in total. The van der Waals surface area contributed by atoms with E-state index in [9.17, 15) is 34.2 Å². The molecular weight excluding hydrogens is 494 g/mol. The van der Waals surface area contributed by atoms with Crippen LogP contribution in [0.1, 0.15) is 46.0 Å². The summed E-state index contributed by atoms with van der Waals surface area (Å²) in [6.45, 7) is 3.80. The predicted octanol–water partition coefficient (Wildman–Crippen LogP) is -1.82. The third kappa shape index (κ3) is 13.1. The van der Waals surface area contributed by atoms with Crippen LogP contribution >= 0.6 is 11.8 Å². The number of nitrogens with zero attached hydrogens (tertiary/aromatic N) is 1. The zero-order chi connectivity index (χ0) is 27.8. The summed E-state index contributed by atoms with van der Waals surface area (Å²) in [5.74, 6) is -4.95. The van der Waals surface area contributed by atoms with Crippen LogP contribution in [0.2, 0.25) is 0 Å². The summed E-state index contributed by atoms with van der Waals surface area (Å²) >= 11 is 1.38. The molecule has 0 spiro atoms. The Bertz CT molecular complexity index is 793. The topological polar surface area (TPSA) is 252 Å². The number of hydrogen-bond acceptors (Lipinski definition) is 8. The highest BCUT2D eigenvalue weighted by Crippen LogP contribution is 2.08. The Kier molecular flexibility index (Phi) is 15.9. The van der Waals surface area contributed by atoms with Crippen molar-refractivity contribution in [1.82, 2.24) is 16.0 Å². The van der Waals surface area contributed by atoms with Gasteiger partial charge in [-0.05, 0) is 37.2 Å². The summed E-state index contributed by atoms with van der Waals surface area (Å²) in [7, 11) is 0. The molecule has 0 aliphatic rings. The third-order valence-electron chi connectivity index (χ3n) is 5.37. The van der Waals surface area contributed by atoms with E-state index in [1.165, 1.54) is 11.8 Å². The SMILES string of the molecule is CCC(C)C(N)C(=O)NC(CCCN=C(N)N)C(=O)NC(CC(=O)O)C(=O)NC(CCSC)C(=O)O. The number of rotatable bonds is 18. The first-order valence-corrected chi connectivity index (χ1v) is 12.9. The second kappa shape index (κ2) is 17.4. The number of nitrogens with one attached hydrogen (secondary N) is 3. The van der Waals surface area contributed by atoms with E-state index in [1.54, 1.807) is 13.2 Å². The second-order valence-corrected chi connectivity index (χ2v) is 9.25. The van der Waals surface area contributed by atoms with Crippen LogP contribution in [0.3, 0.4) is 0 Å². The molecule has 0 heterocycles. The van der Waals surface area contributed by atoms with Gasteiger partial charge in [0.25, 0.3) is 0 Å². The molecule has 5 atom stereocenters. The number of amides is 3. The van der Waals surface area contributed by atoms with Crippen molar-refractivity contribution in [2.45, 2.75) is 70.1 Å². The lowest BCUT2D eigenvalue weighted by Gasteiger charge is -2.25. The largest absolute Gasteiger partial charge is 0.481 e. The van der Waals surface area contributed by atoms with E-state index in [-0.39, 0.29) is 37.7 Å². The maximum absolute atomic E-state index is 13.0. The van der Waals surface area contributed by atoms with Gasteiger partial charge in [-0.25, -0.2) is 4.79 Å². The van der Waals surface area contributed by atoms with Crippen molar-refractivity contribution in [3.63, 3.8) is 0 Å². The van der Waals surface area contributed by atoms with Crippen LogP contribution in [0.15, 0.2) is 4.99 Å². The monoisotopic (exact) mass is 533 g/mol. The molecule has 15 heteroatoms. The van der Waals surface area contributed by atoms with Gasteiger partial charge in [0.1, 0.15) is 18.1 Å². The normalized spacial score (nSPS) is 14.9. The number of thioether (sulfide) groups is 1. The fourth-order valence-corrected chi connectivity index (χ4v) is 3.45. The number of aliphatic imine (C=N–C) groups is 1. The zero-order valence-electron chi connectivity index (χ0n) is 20.9. The standard InChI is InChI=1S/C21H39N7O7S/c1-4-11(2)16(22)19(33)26-12(6-5-8-25-21(23)24)17(31)28-14(10-15(29)30)18(32)27-13(20(34)35)7-9-36-3/h11-14,16H,4-10,22H2,1-3H3,(H,26,33)(H,27,32)(H,28,31)(H,29,30)(H,34,35)(H4,23,24,25). The van der Waals surface area contributed by atoms with E-state index in [4.69, 9.17) is 17.2 Å². The average molecular weight is 534 g/mol. The molecule has 36 heavy (non-hydrogen) atoms. The first-order chi connectivity index (χ1) is 16.8. The predicted molar refractivity (Wildman–Crippen MR) is 136 cm³/mol. The Morgan fingerprint density at radius 1 is 0.917 bits per heavy atom. The van der Waals surface area contributed by atoms with Crippen molar-refractivity contribution in [3.8, 4) is 0 Å². The number of carboxylic acids is 2. The summed E-state index contributed by atoms with van der Waals surface area (Å²) in [5, 5.41) is 25.7. The lowest BCUT2D eigenvalue weighted by molar-refractivity contribution is -0.143. The van der Waals surface area contributed by atoms with Crippen LogP contribution in [-0.2, 0) is 24.0 Å². The fraction of sp³-hybridized carbons (Fsp3) is 0.714. The van der Waals surface area contributed by atoms with Crippen molar-refractivity contribution >= 4 is 47.4 Å². The third-order valence-corrected chi connectivity index (χ3v) is 6.02. The van der Waals surface area contributed by atoms with Gasteiger partial charge in [0, 0.05) is 6.54 Å². The van der Waals surface area contributed by atoms with Crippen LogP contribution in [0, 0.1) is 5.92 Å². The van der Waals surface area contributed by atoms with Gasteiger partial charge in [-0.15, -0.1) is 0 Å². The quantitative estimate of drug-likeness (QED) is 0.0553. The number of carbonyl (C=O) groups excluding carboxylic acids is 3. The lowest BCUT2D eigenvalue weighted by atomic mass is 9.98. The molecule has 0 radical (unpaired) electrons. The highest BCUT2D eigenvalue weighted by Gasteiger charge is 2.32. The number of hydrogen-bond donors (Lipinski definition) is 8. The van der Waals surface area contributed by atoms with Crippen LogP contribution in [0.25, 0.3) is 0 Å². The Labute approximate surface area is 214 Å². The van der Waals surface area contributed by atoms with Crippen molar-refractivity contribution in [2.75, 3.05) is 18.6 Å². The molecule has 0 aliphatic heterocycles. The van der Waals surface area contributed by atoms with Gasteiger partial charge in [-0.2, -0.15) is 11.8 Å². The molecule has 0 aromatic rings. The molecule has 5 unspecified atom stereocenters. The van der Waals surface area contributed by atoms with Crippen LogP contribution in [0.5, 0.6) is 0 Å². The number of aliphatic carboxylic acids is 2. The average Bonchev–Trinajstić information content (AvgIpc) is 2.80. The van der Waals surface area contributed by atoms with Crippen LogP contribution in [-0.4, -0.2) is 88.6 Å². The summed E-state index contributed by atoms with van der Waals surface area (Å²) in [6.07, 6.45) is 2.04. The summed E-state index contributed by atoms with van der Waals surface area (Å²) in [5.41, 5.74) is 16.5. The minimum Gasteiger partial charge on any atom is -0.481 e. The number of carboxylic acid groups (broad SMARTS) is 2. The van der Waals surface area contributed by atoms with E-state index in [1.807, 2.05) is 6.92 Å². The summed E-state index contributed by atoms with van der Waals surface area (Å²) < 4.78 is 0. The van der Waals surface area contributed by atoms with Gasteiger partial charge in [-0.1, -0.05) is 20.3 Å². The molecule has 14 nitrogen and oxygen atoms in total. The highest BCUT2D eigenvalue weighted by molar-refractivity contribution is 7.98. The first-order valence-electron chi connectivity index (χ1n) is 11.5. The van der Waals surface area contributed by atoms with Crippen molar-refractivity contribution in [3.05, 3.63) is 0 Å². The van der Waals surface area contributed by atoms with Gasteiger partial charge in [0.05, 0.1) is 12.5 Å². The van der Waals surface area contributed by atoms with E-state index in [0.29, 0.717) is 12.2 Å². The van der Waals surface area contributed by atoms with Gasteiger partial charge in [0.15, 0.2) is 5.96 Å². The van der Waals surface area contributed by atoms with Gasteiger partial charge < -0.3 is 43.4 Å². The van der Waals surface area contributed by atoms with Gasteiger partial charge >= 0.3 is 11.9 Å². The summed E-state index contributed by atoms with van der Waals surface area (Å²) in [4.78, 5) is 64.9. The van der Waals surface area contributed by atoms with Crippen molar-refractivity contribution < 1.29 is 34.2 Å². The zero-order valence-corrected chi connectivity index (χ0v) is 21.7. The molecule has 0 bridgehead atoms. The second-order valence-electron chi connectivity index (χ2n) is 8.26. The fourth-order valence-electron chi connectivity index (χ4n) is 2.97. The molecule has 0 fully saturated rings. The highest BCUT2D eigenvalue weighted by atomic mass is 32.2. The molecule has 0 aromatic carbocycles. The maximum Gasteiger partial charge on any atom is 0.326 e. The number of nitrogens with two attached hydrogens (primary N) is 3. The molecule has 0 saturated carbocycles. The van der Waals surface area contributed by atoms with Gasteiger partial charge in [-0.3, -0.25) is 24.2 Å². The Balaban J connectivity index is 5.63. The van der Waals surface area contributed by atoms with E-state index in [2.05, 4.69) is 20.9 Å². The van der Waals surface area contributed by atoms with Crippen molar-refractivity contribution in [2.24, 2.45) is 28.1 Å². The number of guanidine groups is 1. The first kappa shape index (κ1) is 32.9. The van der Waals surface area contributed by atoms with Crippen molar-refractivity contribution in [1.29, 1.82) is 0 Å². The minimum atomic E-state index is -1.58. The Hall–Kier alpha value is -3.07. The Morgan fingerprint density at radius 3 is 1.97 bits per heavy atom. The van der Waals surface area contributed by atoms with Crippen LogP contribution in [0.4, 0.5) is 0 Å². The number of carbonyl (C=O) groups is 5. The maximum atomic E-state index is 13.0. The van der Waals surface area contributed by atoms with Crippen LogP contribution < -0.4 is 33.2 Å². The lowest BCUT2D eigenvalue weighted by Crippen LogP contribution is -2.58. The van der Waals surface area contributed by atoms with E-state index in [0.717, 1.165) is 0 Å². The molecular formula is C21H39N7O7S. The molecule has 0 aromatic heterocycles. The minimum absolute atomic E-state index is 0.0640. The molecule has 3 amide bonds. The molecule has 206 valence electrons. The van der Waals surface area contributed by atoms with Gasteiger partial charge in [0.2, 0.25) is 17.7 Å². The summed E-state index contributed by atoms with van der Waals surface area (Å²) in [6, 6.07) is -4.90. The van der Waals surface area contributed by atoms with E-state index >= 15 is 0 Å². The molecule has 0 rings (SSSR count). The smallest absolute Gasteiger partial charge is 0.326 e. The molecule has 0 aliphatic carbocycles. The van der Waals surface area contributed by atoms with E-state index < -0.39 is 60.2 Å². The molecule has 0 saturated heterocycles. The Morgan fingerprint density at radius 2 is 1.47 bits per heavy atom.